The van der Waals surface area contributed by atoms with Crippen LogP contribution >= 0.6 is 11.3 Å². The van der Waals surface area contributed by atoms with Crippen molar-refractivity contribution in [3.8, 4) is 0 Å². The topological polar surface area (TPSA) is 130 Å². The number of esters is 1. The standard InChI is InChI=1S/C20H19N3O6S/c1-4-29-20(28)15-10(2)11(3)30-17(15)21-14(24)9-23-18(25)13-8-6-5-7-12(13)16(22-23)19(26)27/h5-8H,4,9H2,1-3H3,(H,21,24)(H,26,27)/p-1. The molecule has 0 bridgehead atoms. The Morgan fingerprint density at radius 2 is 1.87 bits per heavy atom. The number of rotatable bonds is 6. The molecule has 30 heavy (non-hydrogen) atoms. The van der Waals surface area contributed by atoms with Crippen molar-refractivity contribution in [3.63, 3.8) is 0 Å². The third-order valence-corrected chi connectivity index (χ3v) is 5.59. The second-order valence-electron chi connectivity index (χ2n) is 6.40. The highest BCUT2D eigenvalue weighted by Crippen LogP contribution is 2.33. The number of thiophene rings is 1. The van der Waals surface area contributed by atoms with Gasteiger partial charge in [0, 0.05) is 10.3 Å². The van der Waals surface area contributed by atoms with Crippen LogP contribution in [-0.4, -0.2) is 34.2 Å². The predicted octanol–water partition coefficient (Wildman–Crippen LogP) is 1.25. The van der Waals surface area contributed by atoms with Gasteiger partial charge in [-0.15, -0.1) is 11.3 Å². The highest BCUT2D eigenvalue weighted by atomic mass is 32.1. The highest BCUT2D eigenvalue weighted by molar-refractivity contribution is 7.16. The zero-order valence-corrected chi connectivity index (χ0v) is 17.3. The molecule has 3 rings (SSSR count). The average Bonchev–Trinajstić information content (AvgIpc) is 2.97. The minimum atomic E-state index is -1.56. The van der Waals surface area contributed by atoms with Gasteiger partial charge in [-0.3, -0.25) is 9.59 Å². The lowest BCUT2D eigenvalue weighted by molar-refractivity contribution is -0.255. The molecule has 2 aromatic heterocycles. The smallest absolute Gasteiger partial charge is 0.341 e. The summed E-state index contributed by atoms with van der Waals surface area (Å²) in [4.78, 5) is 49.7. The van der Waals surface area contributed by atoms with Gasteiger partial charge in [0.25, 0.3) is 5.56 Å². The van der Waals surface area contributed by atoms with Crippen LogP contribution in [0.15, 0.2) is 29.1 Å². The van der Waals surface area contributed by atoms with Crippen molar-refractivity contribution in [2.24, 2.45) is 0 Å². The molecule has 10 heteroatoms. The third-order valence-electron chi connectivity index (χ3n) is 4.47. The maximum Gasteiger partial charge on any atom is 0.341 e. The van der Waals surface area contributed by atoms with Gasteiger partial charge < -0.3 is 20.0 Å². The van der Waals surface area contributed by atoms with Crippen molar-refractivity contribution >= 4 is 45.0 Å². The first-order valence-electron chi connectivity index (χ1n) is 9.02. The molecule has 0 aliphatic carbocycles. The van der Waals surface area contributed by atoms with Crippen LogP contribution in [0.25, 0.3) is 10.8 Å². The van der Waals surface area contributed by atoms with Gasteiger partial charge in [-0.05, 0) is 32.4 Å². The Hall–Kier alpha value is -3.53. The van der Waals surface area contributed by atoms with E-state index in [1.165, 1.54) is 23.5 Å². The van der Waals surface area contributed by atoms with Crippen LogP contribution in [0, 0.1) is 13.8 Å². The number of aromatic nitrogens is 2. The minimum absolute atomic E-state index is 0.106. The maximum atomic E-state index is 12.6. The molecule has 3 aromatic rings. The van der Waals surface area contributed by atoms with Gasteiger partial charge in [0.15, 0.2) is 0 Å². The second kappa shape index (κ2) is 8.46. The molecule has 0 aliphatic heterocycles. The Labute approximate surface area is 174 Å². The number of aromatic carboxylic acids is 1. The first-order chi connectivity index (χ1) is 14.2. The fraction of sp³-hybridized carbons (Fsp3) is 0.250. The van der Waals surface area contributed by atoms with Gasteiger partial charge in [-0.1, -0.05) is 18.2 Å². The summed E-state index contributed by atoms with van der Waals surface area (Å²) in [5.41, 5.74) is -0.112. The van der Waals surface area contributed by atoms with Crippen molar-refractivity contribution in [2.75, 3.05) is 11.9 Å². The number of fused-ring (bicyclic) bond motifs is 1. The lowest BCUT2D eigenvalue weighted by atomic mass is 10.1. The summed E-state index contributed by atoms with van der Waals surface area (Å²) in [7, 11) is 0. The van der Waals surface area contributed by atoms with Crippen molar-refractivity contribution < 1.29 is 24.2 Å². The second-order valence-corrected chi connectivity index (χ2v) is 7.63. The minimum Gasteiger partial charge on any atom is -0.543 e. The van der Waals surface area contributed by atoms with Crippen LogP contribution in [0.4, 0.5) is 5.00 Å². The molecule has 0 radical (unpaired) electrons. The first-order valence-corrected chi connectivity index (χ1v) is 9.84. The van der Waals surface area contributed by atoms with E-state index < -0.39 is 35.6 Å². The number of hydrogen-bond acceptors (Lipinski definition) is 8. The lowest BCUT2D eigenvalue weighted by Gasteiger charge is -2.12. The van der Waals surface area contributed by atoms with E-state index in [0.29, 0.717) is 10.6 Å². The Morgan fingerprint density at radius 1 is 1.20 bits per heavy atom. The normalized spacial score (nSPS) is 10.8. The Balaban J connectivity index is 1.95. The van der Waals surface area contributed by atoms with E-state index in [4.69, 9.17) is 4.74 Å². The van der Waals surface area contributed by atoms with Crippen LogP contribution in [-0.2, 0) is 16.1 Å². The van der Waals surface area contributed by atoms with Gasteiger partial charge in [0.2, 0.25) is 5.91 Å². The summed E-state index contributed by atoms with van der Waals surface area (Å²) in [5, 5.41) is 18.4. The molecule has 156 valence electrons. The summed E-state index contributed by atoms with van der Waals surface area (Å²) in [6, 6.07) is 6.05. The fourth-order valence-corrected chi connectivity index (χ4v) is 4.02. The molecule has 1 amide bonds. The fourth-order valence-electron chi connectivity index (χ4n) is 2.96. The summed E-state index contributed by atoms with van der Waals surface area (Å²) in [6.45, 7) is 4.87. The number of ether oxygens (including phenoxy) is 1. The molecule has 0 saturated heterocycles. The molecule has 1 N–H and O–H groups in total. The summed E-state index contributed by atoms with van der Waals surface area (Å²) < 4.78 is 5.81. The summed E-state index contributed by atoms with van der Waals surface area (Å²) in [6.07, 6.45) is 0. The molecule has 0 spiro atoms. The molecule has 0 unspecified atom stereocenters. The Bertz CT molecular complexity index is 1230. The van der Waals surface area contributed by atoms with Crippen LogP contribution in [0.1, 0.15) is 38.2 Å². The number of aryl methyl sites for hydroxylation is 1. The zero-order chi connectivity index (χ0) is 22.0. The number of amides is 1. The lowest BCUT2D eigenvalue weighted by Crippen LogP contribution is -2.34. The van der Waals surface area contributed by atoms with Gasteiger partial charge in [-0.2, -0.15) is 5.10 Å². The summed E-state index contributed by atoms with van der Waals surface area (Å²) in [5.74, 6) is -2.76. The Kier molecular flexibility index (Phi) is 5.97. The van der Waals surface area contributed by atoms with E-state index >= 15 is 0 Å². The number of nitrogens with zero attached hydrogens (tertiary/aromatic N) is 2. The number of carboxylic acid groups (broad SMARTS) is 1. The number of nitrogens with one attached hydrogen (secondary N) is 1. The molecule has 0 saturated carbocycles. The SMILES string of the molecule is CCOC(=O)c1c(NC(=O)Cn2nc(C(=O)[O-])c3ccccc3c2=O)sc(C)c1C. The number of anilines is 1. The number of carbonyl (C=O) groups excluding carboxylic acids is 3. The number of carbonyl (C=O) groups is 3. The van der Waals surface area contributed by atoms with Crippen molar-refractivity contribution in [2.45, 2.75) is 27.3 Å². The van der Waals surface area contributed by atoms with E-state index in [1.807, 2.05) is 0 Å². The number of hydrogen-bond donors (Lipinski definition) is 1. The van der Waals surface area contributed by atoms with E-state index in [0.717, 1.165) is 9.56 Å². The van der Waals surface area contributed by atoms with Gasteiger partial charge >= 0.3 is 5.97 Å². The summed E-state index contributed by atoms with van der Waals surface area (Å²) >= 11 is 1.20. The highest BCUT2D eigenvalue weighted by Gasteiger charge is 2.22. The largest absolute Gasteiger partial charge is 0.543 e. The van der Waals surface area contributed by atoms with Crippen molar-refractivity contribution in [1.82, 2.24) is 9.78 Å². The number of carboxylic acids is 1. The van der Waals surface area contributed by atoms with E-state index in [1.54, 1.807) is 32.9 Å². The molecule has 0 fully saturated rings. The Morgan fingerprint density at radius 3 is 2.50 bits per heavy atom. The van der Waals surface area contributed by atoms with E-state index in [9.17, 15) is 24.3 Å². The molecule has 9 nitrogen and oxygen atoms in total. The average molecular weight is 428 g/mol. The quantitative estimate of drug-likeness (QED) is 0.585. The van der Waals surface area contributed by atoms with Crippen molar-refractivity contribution in [3.05, 3.63) is 56.3 Å². The third kappa shape index (κ3) is 3.94. The van der Waals surface area contributed by atoms with Crippen LogP contribution in [0.5, 0.6) is 0 Å². The molecule has 1 aromatic carbocycles. The molecular weight excluding hydrogens is 410 g/mol. The first kappa shape index (κ1) is 21.2. The van der Waals surface area contributed by atoms with Gasteiger partial charge in [0.1, 0.15) is 17.2 Å². The van der Waals surface area contributed by atoms with Gasteiger partial charge in [0.05, 0.1) is 23.5 Å². The maximum absolute atomic E-state index is 12.6. The van der Waals surface area contributed by atoms with Crippen molar-refractivity contribution in [1.29, 1.82) is 0 Å². The van der Waals surface area contributed by atoms with E-state index in [-0.39, 0.29) is 22.9 Å². The van der Waals surface area contributed by atoms with Crippen LogP contribution in [0.3, 0.4) is 0 Å². The van der Waals surface area contributed by atoms with Gasteiger partial charge in [-0.25, -0.2) is 9.48 Å². The molecular formula is C20H18N3O6S-. The molecule has 0 aliphatic rings. The molecule has 2 heterocycles. The van der Waals surface area contributed by atoms with E-state index in [2.05, 4.69) is 10.4 Å². The van der Waals surface area contributed by atoms with Crippen LogP contribution < -0.4 is 16.0 Å². The van der Waals surface area contributed by atoms with Crippen LogP contribution in [0.2, 0.25) is 0 Å². The molecule has 0 atom stereocenters. The number of benzene rings is 1. The zero-order valence-electron chi connectivity index (χ0n) is 16.5. The predicted molar refractivity (Wildman–Crippen MR) is 109 cm³/mol. The monoisotopic (exact) mass is 428 g/mol.